The number of hydrogen-bond acceptors (Lipinski definition) is 4. The highest BCUT2D eigenvalue weighted by Gasteiger charge is 2.01. The van der Waals surface area contributed by atoms with Crippen LogP contribution in [-0.4, -0.2) is 44.1 Å². The minimum atomic E-state index is 0.709. The molecule has 1 rings (SSSR count). The molecule has 0 aliphatic rings. The molecule has 0 unspecified atom stereocenters. The van der Waals surface area contributed by atoms with Gasteiger partial charge in [0, 0.05) is 13.6 Å². The van der Waals surface area contributed by atoms with E-state index in [2.05, 4.69) is 28.9 Å². The van der Waals surface area contributed by atoms with Crippen molar-refractivity contribution >= 4 is 11.5 Å². The van der Waals surface area contributed by atoms with E-state index in [4.69, 9.17) is 5.73 Å². The van der Waals surface area contributed by atoms with Gasteiger partial charge in [-0.05, 0) is 39.2 Å². The Morgan fingerprint density at radius 2 is 1.93 bits per heavy atom. The Hall–Kier alpha value is -1.29. The predicted molar refractivity (Wildman–Crippen MR) is 65.1 cm³/mol. The largest absolute Gasteiger partial charge is 0.397 e. The Bertz CT molecular complexity index is 281. The molecule has 0 spiro atoms. The maximum Gasteiger partial charge on any atom is 0.128 e. The quantitative estimate of drug-likeness (QED) is 0.785. The summed E-state index contributed by atoms with van der Waals surface area (Å²) in [5, 5.41) is 0. The van der Waals surface area contributed by atoms with Gasteiger partial charge in [0.15, 0.2) is 0 Å². The van der Waals surface area contributed by atoms with Gasteiger partial charge in [0.1, 0.15) is 5.82 Å². The van der Waals surface area contributed by atoms with Crippen LogP contribution < -0.4 is 10.6 Å². The SMILES string of the molecule is CN(C)CCCN(C)c1ccc(N)cn1. The molecule has 0 aliphatic heterocycles. The molecular weight excluding hydrogens is 188 g/mol. The highest BCUT2D eigenvalue weighted by molar-refractivity contribution is 5.45. The van der Waals surface area contributed by atoms with Gasteiger partial charge in [-0.3, -0.25) is 0 Å². The van der Waals surface area contributed by atoms with Gasteiger partial charge >= 0.3 is 0 Å². The first-order valence-electron chi connectivity index (χ1n) is 5.17. The third-order valence-corrected chi connectivity index (χ3v) is 2.26. The van der Waals surface area contributed by atoms with Crippen LogP contribution in [-0.2, 0) is 0 Å². The van der Waals surface area contributed by atoms with Crippen LogP contribution in [0, 0.1) is 0 Å². The maximum absolute atomic E-state index is 5.58. The van der Waals surface area contributed by atoms with Gasteiger partial charge in [-0.15, -0.1) is 0 Å². The lowest BCUT2D eigenvalue weighted by atomic mass is 10.3. The zero-order valence-corrected chi connectivity index (χ0v) is 9.77. The monoisotopic (exact) mass is 208 g/mol. The second-order valence-electron chi connectivity index (χ2n) is 4.03. The molecule has 0 bridgehead atoms. The van der Waals surface area contributed by atoms with Gasteiger partial charge in [0.25, 0.3) is 0 Å². The normalized spacial score (nSPS) is 10.7. The first-order chi connectivity index (χ1) is 7.09. The number of nitrogen functional groups attached to an aromatic ring is 1. The summed E-state index contributed by atoms with van der Waals surface area (Å²) in [6, 6.07) is 3.83. The van der Waals surface area contributed by atoms with Crippen LogP contribution in [0.2, 0.25) is 0 Å². The lowest BCUT2D eigenvalue weighted by molar-refractivity contribution is 0.401. The van der Waals surface area contributed by atoms with E-state index in [0.717, 1.165) is 25.3 Å². The van der Waals surface area contributed by atoms with Crippen molar-refractivity contribution in [3.8, 4) is 0 Å². The molecule has 1 aromatic rings. The van der Waals surface area contributed by atoms with Gasteiger partial charge in [0.2, 0.25) is 0 Å². The summed E-state index contributed by atoms with van der Waals surface area (Å²) in [5.41, 5.74) is 6.29. The van der Waals surface area contributed by atoms with E-state index < -0.39 is 0 Å². The van der Waals surface area contributed by atoms with E-state index >= 15 is 0 Å². The van der Waals surface area contributed by atoms with Crippen molar-refractivity contribution in [2.24, 2.45) is 0 Å². The summed E-state index contributed by atoms with van der Waals surface area (Å²) in [4.78, 5) is 8.59. The maximum atomic E-state index is 5.58. The van der Waals surface area contributed by atoms with Crippen LogP contribution >= 0.6 is 0 Å². The fourth-order valence-electron chi connectivity index (χ4n) is 1.36. The van der Waals surface area contributed by atoms with Crippen LogP contribution in [0.4, 0.5) is 11.5 Å². The van der Waals surface area contributed by atoms with Crippen LogP contribution in [0.15, 0.2) is 18.3 Å². The van der Waals surface area contributed by atoms with Gasteiger partial charge in [-0.1, -0.05) is 0 Å². The van der Waals surface area contributed by atoms with Crippen molar-refractivity contribution < 1.29 is 0 Å². The molecule has 4 heteroatoms. The molecule has 84 valence electrons. The second-order valence-corrected chi connectivity index (χ2v) is 4.03. The lowest BCUT2D eigenvalue weighted by Crippen LogP contribution is -2.23. The molecule has 0 saturated carbocycles. The molecule has 2 N–H and O–H groups in total. The van der Waals surface area contributed by atoms with Crippen molar-refractivity contribution in [2.75, 3.05) is 44.9 Å². The Kier molecular flexibility index (Phi) is 4.37. The zero-order valence-electron chi connectivity index (χ0n) is 9.77. The Labute approximate surface area is 91.7 Å². The molecule has 15 heavy (non-hydrogen) atoms. The Balaban J connectivity index is 2.40. The average Bonchev–Trinajstić information content (AvgIpc) is 2.18. The van der Waals surface area contributed by atoms with Crippen LogP contribution in [0.3, 0.4) is 0 Å². The van der Waals surface area contributed by atoms with Gasteiger partial charge in [-0.2, -0.15) is 0 Å². The molecule has 0 aromatic carbocycles. The highest BCUT2D eigenvalue weighted by Crippen LogP contribution is 2.10. The van der Waals surface area contributed by atoms with Gasteiger partial charge in [-0.25, -0.2) is 4.98 Å². The molecule has 1 aromatic heterocycles. The molecule has 0 radical (unpaired) electrons. The van der Waals surface area contributed by atoms with E-state index in [1.54, 1.807) is 6.20 Å². The number of nitrogens with two attached hydrogens (primary N) is 1. The predicted octanol–water partition coefficient (Wildman–Crippen LogP) is 1.05. The fraction of sp³-hybridized carbons (Fsp3) is 0.545. The lowest BCUT2D eigenvalue weighted by Gasteiger charge is -2.19. The van der Waals surface area contributed by atoms with E-state index in [1.807, 2.05) is 19.2 Å². The third-order valence-electron chi connectivity index (χ3n) is 2.26. The number of pyridine rings is 1. The van der Waals surface area contributed by atoms with Crippen molar-refractivity contribution in [2.45, 2.75) is 6.42 Å². The number of hydrogen-bond donors (Lipinski definition) is 1. The van der Waals surface area contributed by atoms with Gasteiger partial charge < -0.3 is 15.5 Å². The first-order valence-corrected chi connectivity index (χ1v) is 5.17. The molecular formula is C11H20N4. The van der Waals surface area contributed by atoms with E-state index in [1.165, 1.54) is 0 Å². The van der Waals surface area contributed by atoms with E-state index in [-0.39, 0.29) is 0 Å². The van der Waals surface area contributed by atoms with Crippen LogP contribution in [0.25, 0.3) is 0 Å². The molecule has 1 heterocycles. The fourth-order valence-corrected chi connectivity index (χ4v) is 1.36. The topological polar surface area (TPSA) is 45.4 Å². The van der Waals surface area contributed by atoms with Crippen molar-refractivity contribution in [1.29, 1.82) is 0 Å². The van der Waals surface area contributed by atoms with E-state index in [0.29, 0.717) is 5.69 Å². The second kappa shape index (κ2) is 5.56. The summed E-state index contributed by atoms with van der Waals surface area (Å²) in [6.07, 6.45) is 2.83. The highest BCUT2D eigenvalue weighted by atomic mass is 15.2. The van der Waals surface area contributed by atoms with E-state index in [9.17, 15) is 0 Å². The van der Waals surface area contributed by atoms with Gasteiger partial charge in [0.05, 0.1) is 11.9 Å². The summed E-state index contributed by atoms with van der Waals surface area (Å²) >= 11 is 0. The molecule has 0 fully saturated rings. The number of aromatic nitrogens is 1. The van der Waals surface area contributed by atoms with Crippen molar-refractivity contribution in [3.63, 3.8) is 0 Å². The molecule has 0 atom stereocenters. The third kappa shape index (κ3) is 4.16. The minimum absolute atomic E-state index is 0.709. The number of anilines is 2. The molecule has 4 nitrogen and oxygen atoms in total. The van der Waals surface area contributed by atoms with Crippen LogP contribution in [0.5, 0.6) is 0 Å². The van der Waals surface area contributed by atoms with Crippen LogP contribution in [0.1, 0.15) is 6.42 Å². The number of nitrogens with zero attached hydrogens (tertiary/aromatic N) is 3. The molecule has 0 amide bonds. The Morgan fingerprint density at radius 1 is 1.20 bits per heavy atom. The number of rotatable bonds is 5. The standard InChI is InChI=1S/C11H20N4/c1-14(2)7-4-8-15(3)11-6-5-10(12)9-13-11/h5-6,9H,4,7-8,12H2,1-3H3. The van der Waals surface area contributed by atoms with Crippen molar-refractivity contribution in [1.82, 2.24) is 9.88 Å². The summed E-state index contributed by atoms with van der Waals surface area (Å²) in [7, 11) is 6.22. The summed E-state index contributed by atoms with van der Waals surface area (Å²) in [5.74, 6) is 0.975. The van der Waals surface area contributed by atoms with Crippen molar-refractivity contribution in [3.05, 3.63) is 18.3 Å². The Morgan fingerprint density at radius 3 is 2.47 bits per heavy atom. The summed E-state index contributed by atoms with van der Waals surface area (Å²) in [6.45, 7) is 2.11. The smallest absolute Gasteiger partial charge is 0.128 e. The minimum Gasteiger partial charge on any atom is -0.397 e. The first kappa shape index (κ1) is 11.8. The average molecular weight is 208 g/mol. The molecule has 0 aliphatic carbocycles. The zero-order chi connectivity index (χ0) is 11.3. The summed E-state index contributed by atoms with van der Waals surface area (Å²) < 4.78 is 0. The molecule has 0 saturated heterocycles.